The molecule has 10 heteroatoms. The first-order valence-corrected chi connectivity index (χ1v) is 11.7. The number of nitrogens with zero attached hydrogens (tertiary/aromatic N) is 4. The lowest BCUT2D eigenvalue weighted by atomic mass is 10.2. The van der Waals surface area contributed by atoms with Gasteiger partial charge in [0.25, 0.3) is 5.56 Å². The number of aromatic nitrogens is 2. The van der Waals surface area contributed by atoms with E-state index >= 15 is 0 Å². The molecule has 1 aromatic carbocycles. The average Bonchev–Trinajstić information content (AvgIpc) is 2.71. The highest BCUT2D eigenvalue weighted by Crippen LogP contribution is 2.14. The fourth-order valence-electron chi connectivity index (χ4n) is 3.44. The molecule has 0 saturated carbocycles. The molecule has 0 amide bonds. The monoisotopic (exact) mass is 438 g/mol. The topological polar surface area (TPSA) is 84.7 Å². The normalized spacial score (nSPS) is 15.5. The van der Waals surface area contributed by atoms with Gasteiger partial charge in [0.2, 0.25) is 10.0 Å². The van der Waals surface area contributed by atoms with Crippen LogP contribution in [0.2, 0.25) is 0 Å². The van der Waals surface area contributed by atoms with E-state index in [2.05, 4.69) is 4.98 Å². The smallest absolute Gasteiger partial charge is 0.293 e. The van der Waals surface area contributed by atoms with Crippen LogP contribution in [0.15, 0.2) is 35.3 Å². The SMILES string of the molecule is COCCCc1cn(Cc2ccc(F)cc2)c(=O)c(N2CCN(S(C)(=O)=O)CC2)n1. The molecule has 1 saturated heterocycles. The molecule has 8 nitrogen and oxygen atoms in total. The molecule has 1 fully saturated rings. The van der Waals surface area contributed by atoms with Crippen molar-refractivity contribution >= 4 is 15.8 Å². The van der Waals surface area contributed by atoms with Crippen molar-refractivity contribution in [2.75, 3.05) is 51.1 Å². The van der Waals surface area contributed by atoms with Gasteiger partial charge in [0.1, 0.15) is 5.82 Å². The van der Waals surface area contributed by atoms with E-state index < -0.39 is 10.0 Å². The fourth-order valence-corrected chi connectivity index (χ4v) is 4.27. The number of benzene rings is 1. The third kappa shape index (κ3) is 5.65. The zero-order valence-electron chi connectivity index (χ0n) is 17.3. The molecule has 2 heterocycles. The highest BCUT2D eigenvalue weighted by atomic mass is 32.2. The molecule has 1 aliphatic rings. The van der Waals surface area contributed by atoms with Crippen molar-refractivity contribution in [2.24, 2.45) is 0 Å². The van der Waals surface area contributed by atoms with Crippen LogP contribution in [0.4, 0.5) is 10.2 Å². The zero-order chi connectivity index (χ0) is 21.7. The zero-order valence-corrected chi connectivity index (χ0v) is 18.1. The first kappa shape index (κ1) is 22.4. The number of ether oxygens (including phenoxy) is 1. The minimum atomic E-state index is -3.26. The summed E-state index contributed by atoms with van der Waals surface area (Å²) in [6, 6.07) is 6.04. The molecule has 1 aromatic heterocycles. The van der Waals surface area contributed by atoms with Gasteiger partial charge in [0.05, 0.1) is 18.5 Å². The van der Waals surface area contributed by atoms with Crippen LogP contribution in [0.3, 0.4) is 0 Å². The molecule has 0 unspecified atom stereocenters. The highest BCUT2D eigenvalue weighted by molar-refractivity contribution is 7.88. The fraction of sp³-hybridized carbons (Fsp3) is 0.500. The van der Waals surface area contributed by atoms with Gasteiger partial charge in [-0.25, -0.2) is 17.8 Å². The standard InChI is InChI=1S/C20H27FN4O4S/c1-29-13-3-4-18-15-24(14-16-5-7-17(21)8-6-16)20(26)19(22-18)23-9-11-25(12-10-23)30(2,27)28/h5-8,15H,3-4,9-14H2,1-2H3. The summed E-state index contributed by atoms with van der Waals surface area (Å²) in [5, 5.41) is 0. The number of sulfonamides is 1. The number of hydrogen-bond acceptors (Lipinski definition) is 6. The summed E-state index contributed by atoms with van der Waals surface area (Å²) in [5.74, 6) is -0.00861. The van der Waals surface area contributed by atoms with Gasteiger partial charge in [-0.15, -0.1) is 0 Å². The third-order valence-electron chi connectivity index (χ3n) is 5.06. The van der Waals surface area contributed by atoms with E-state index in [9.17, 15) is 17.6 Å². The summed E-state index contributed by atoms with van der Waals surface area (Å²) in [7, 11) is -1.62. The molecule has 30 heavy (non-hydrogen) atoms. The maximum Gasteiger partial charge on any atom is 0.293 e. The van der Waals surface area contributed by atoms with Gasteiger partial charge in [-0.1, -0.05) is 12.1 Å². The van der Waals surface area contributed by atoms with Gasteiger partial charge in [0.15, 0.2) is 5.82 Å². The van der Waals surface area contributed by atoms with Crippen molar-refractivity contribution in [2.45, 2.75) is 19.4 Å². The van der Waals surface area contributed by atoms with Gasteiger partial charge < -0.3 is 14.2 Å². The lowest BCUT2D eigenvalue weighted by molar-refractivity contribution is 0.195. The predicted molar refractivity (Wildman–Crippen MR) is 113 cm³/mol. The van der Waals surface area contributed by atoms with E-state index in [-0.39, 0.29) is 11.4 Å². The first-order chi connectivity index (χ1) is 14.3. The van der Waals surface area contributed by atoms with Gasteiger partial charge in [-0.2, -0.15) is 4.31 Å². The van der Waals surface area contributed by atoms with Crippen molar-refractivity contribution in [1.29, 1.82) is 0 Å². The predicted octanol–water partition coefficient (Wildman–Crippen LogP) is 1.09. The molecular formula is C20H27FN4O4S. The number of piperazine rings is 1. The van der Waals surface area contributed by atoms with Crippen LogP contribution in [0.25, 0.3) is 0 Å². The lowest BCUT2D eigenvalue weighted by Gasteiger charge is -2.33. The van der Waals surface area contributed by atoms with Crippen molar-refractivity contribution in [1.82, 2.24) is 13.9 Å². The Morgan fingerprint density at radius 2 is 1.80 bits per heavy atom. The Balaban J connectivity index is 1.88. The van der Waals surface area contributed by atoms with Crippen LogP contribution in [0.1, 0.15) is 17.7 Å². The Kier molecular flexibility index (Phi) is 7.22. The van der Waals surface area contributed by atoms with E-state index in [1.165, 1.54) is 22.7 Å². The molecular weight excluding hydrogens is 411 g/mol. The summed E-state index contributed by atoms with van der Waals surface area (Å²) < 4.78 is 44.9. The molecule has 3 rings (SSSR count). The van der Waals surface area contributed by atoms with Gasteiger partial charge in [-0.05, 0) is 30.5 Å². The second kappa shape index (κ2) is 9.67. The summed E-state index contributed by atoms with van der Waals surface area (Å²) in [4.78, 5) is 19.5. The van der Waals surface area contributed by atoms with Crippen LogP contribution in [0.5, 0.6) is 0 Å². The average molecular weight is 439 g/mol. The Bertz CT molecular complexity index is 1020. The maximum absolute atomic E-state index is 13.2. The second-order valence-corrected chi connectivity index (χ2v) is 9.34. The number of anilines is 1. The summed E-state index contributed by atoms with van der Waals surface area (Å²) in [6.07, 6.45) is 4.33. The van der Waals surface area contributed by atoms with Crippen LogP contribution in [-0.4, -0.2) is 68.4 Å². The van der Waals surface area contributed by atoms with Crippen molar-refractivity contribution in [3.8, 4) is 0 Å². The Morgan fingerprint density at radius 1 is 1.13 bits per heavy atom. The number of hydrogen-bond donors (Lipinski definition) is 0. The van der Waals surface area contributed by atoms with E-state index in [1.54, 1.807) is 30.0 Å². The van der Waals surface area contributed by atoms with Crippen LogP contribution in [-0.2, 0) is 27.7 Å². The highest BCUT2D eigenvalue weighted by Gasteiger charge is 2.26. The minimum absolute atomic E-state index is 0.248. The van der Waals surface area contributed by atoms with E-state index in [1.807, 2.05) is 4.90 Å². The van der Waals surface area contributed by atoms with E-state index in [0.29, 0.717) is 51.6 Å². The Morgan fingerprint density at radius 3 is 2.40 bits per heavy atom. The minimum Gasteiger partial charge on any atom is -0.385 e. The van der Waals surface area contributed by atoms with Gasteiger partial charge in [-0.3, -0.25) is 4.79 Å². The summed E-state index contributed by atoms with van der Waals surface area (Å²) in [6.45, 7) is 2.30. The van der Waals surface area contributed by atoms with Crippen molar-refractivity contribution < 1.29 is 17.5 Å². The molecule has 164 valence electrons. The lowest BCUT2D eigenvalue weighted by Crippen LogP contribution is -2.50. The molecule has 2 aromatic rings. The van der Waals surface area contributed by atoms with Gasteiger partial charge in [0, 0.05) is 46.1 Å². The second-order valence-electron chi connectivity index (χ2n) is 7.36. The summed E-state index contributed by atoms with van der Waals surface area (Å²) >= 11 is 0. The van der Waals surface area contributed by atoms with Crippen molar-refractivity contribution in [3.63, 3.8) is 0 Å². The Hall–Kier alpha value is -2.30. The number of aryl methyl sites for hydroxylation is 1. The summed E-state index contributed by atoms with van der Waals surface area (Å²) in [5.41, 5.74) is 1.32. The molecule has 0 radical (unpaired) electrons. The molecule has 0 aliphatic carbocycles. The van der Waals surface area contributed by atoms with Gasteiger partial charge >= 0.3 is 0 Å². The Labute approximate surface area is 176 Å². The van der Waals surface area contributed by atoms with E-state index in [0.717, 1.165) is 17.7 Å². The van der Waals surface area contributed by atoms with Crippen LogP contribution >= 0.6 is 0 Å². The maximum atomic E-state index is 13.2. The molecule has 0 spiro atoms. The number of methoxy groups -OCH3 is 1. The molecule has 0 atom stereocenters. The largest absolute Gasteiger partial charge is 0.385 e. The van der Waals surface area contributed by atoms with Crippen LogP contribution < -0.4 is 10.5 Å². The number of rotatable bonds is 8. The first-order valence-electron chi connectivity index (χ1n) is 9.82. The molecule has 1 aliphatic heterocycles. The molecule has 0 N–H and O–H groups in total. The van der Waals surface area contributed by atoms with Crippen LogP contribution in [0, 0.1) is 5.82 Å². The van der Waals surface area contributed by atoms with E-state index in [4.69, 9.17) is 4.74 Å². The van der Waals surface area contributed by atoms with Crippen molar-refractivity contribution in [3.05, 3.63) is 57.9 Å². The number of halogens is 1. The third-order valence-corrected chi connectivity index (χ3v) is 6.36. The molecule has 0 bridgehead atoms. The quantitative estimate of drug-likeness (QED) is 0.574.